The first-order valence-electron chi connectivity index (χ1n) is 6.29. The highest BCUT2D eigenvalue weighted by molar-refractivity contribution is 5.85. The van der Waals surface area contributed by atoms with Gasteiger partial charge in [-0.3, -0.25) is 9.59 Å². The molecule has 1 saturated heterocycles. The van der Waals surface area contributed by atoms with Crippen molar-refractivity contribution in [1.82, 2.24) is 9.80 Å². The van der Waals surface area contributed by atoms with Crippen LogP contribution in [0.2, 0.25) is 0 Å². The Balaban J connectivity index is 2.39. The van der Waals surface area contributed by atoms with E-state index in [1.807, 2.05) is 11.8 Å². The van der Waals surface area contributed by atoms with Crippen LogP contribution in [0, 0.1) is 5.92 Å². The molecule has 0 radical (unpaired) electrons. The highest BCUT2D eigenvalue weighted by Gasteiger charge is 2.23. The molecule has 1 heterocycles. The van der Waals surface area contributed by atoms with Crippen molar-refractivity contribution in [2.24, 2.45) is 11.7 Å². The number of likely N-dealkylation sites (N-methyl/N-ethyl adjacent to an activating group) is 1. The summed E-state index contributed by atoms with van der Waals surface area (Å²) in [4.78, 5) is 27.1. The Hall–Kier alpha value is -1.10. The molecule has 2 amide bonds. The molecule has 1 rings (SSSR count). The Labute approximate surface area is 103 Å². The molecule has 1 aliphatic rings. The molecule has 1 unspecified atom stereocenters. The first-order chi connectivity index (χ1) is 8.06. The van der Waals surface area contributed by atoms with Crippen LogP contribution >= 0.6 is 0 Å². The normalized spacial score (nSPS) is 17.0. The summed E-state index contributed by atoms with van der Waals surface area (Å²) in [6, 6.07) is 0. The zero-order valence-corrected chi connectivity index (χ0v) is 10.8. The van der Waals surface area contributed by atoms with Gasteiger partial charge in [0.25, 0.3) is 0 Å². The van der Waals surface area contributed by atoms with Crippen LogP contribution < -0.4 is 5.73 Å². The molecule has 2 N–H and O–H groups in total. The van der Waals surface area contributed by atoms with Gasteiger partial charge in [-0.25, -0.2) is 0 Å². The molecule has 0 aromatic carbocycles. The number of hydrogen-bond donors (Lipinski definition) is 1. The predicted molar refractivity (Wildman–Crippen MR) is 66.3 cm³/mol. The lowest BCUT2D eigenvalue weighted by atomic mass is 10.1. The predicted octanol–water partition coefficient (Wildman–Crippen LogP) is 0.0521. The van der Waals surface area contributed by atoms with Gasteiger partial charge >= 0.3 is 0 Å². The van der Waals surface area contributed by atoms with Crippen LogP contribution in [0.3, 0.4) is 0 Å². The van der Waals surface area contributed by atoms with Crippen molar-refractivity contribution in [3.8, 4) is 0 Å². The van der Waals surface area contributed by atoms with E-state index in [2.05, 4.69) is 0 Å². The number of hydrogen-bond acceptors (Lipinski definition) is 3. The molecule has 1 fully saturated rings. The third-order valence-corrected chi connectivity index (χ3v) is 3.23. The molecule has 0 spiro atoms. The Morgan fingerprint density at radius 2 is 1.94 bits per heavy atom. The summed E-state index contributed by atoms with van der Waals surface area (Å²) >= 11 is 0. The zero-order chi connectivity index (χ0) is 12.8. The maximum absolute atomic E-state index is 11.9. The van der Waals surface area contributed by atoms with Gasteiger partial charge in [-0.15, -0.1) is 0 Å². The number of carbonyl (C=O) groups excluding carboxylic acids is 2. The second-order valence-electron chi connectivity index (χ2n) is 4.76. The second-order valence-corrected chi connectivity index (χ2v) is 4.76. The average molecular weight is 241 g/mol. The Morgan fingerprint density at radius 3 is 2.47 bits per heavy atom. The highest BCUT2D eigenvalue weighted by atomic mass is 16.2. The molecule has 0 aromatic rings. The molecule has 98 valence electrons. The lowest BCUT2D eigenvalue weighted by Gasteiger charge is -2.23. The van der Waals surface area contributed by atoms with E-state index in [-0.39, 0.29) is 24.3 Å². The Morgan fingerprint density at radius 1 is 1.35 bits per heavy atom. The number of likely N-dealkylation sites (tertiary alicyclic amines) is 1. The summed E-state index contributed by atoms with van der Waals surface area (Å²) in [5, 5.41) is 0. The molecule has 5 heteroatoms. The van der Waals surface area contributed by atoms with Crippen LogP contribution in [0.15, 0.2) is 0 Å². The number of rotatable bonds is 5. The lowest BCUT2D eigenvalue weighted by molar-refractivity contribution is -0.141. The van der Waals surface area contributed by atoms with Gasteiger partial charge in [0, 0.05) is 26.1 Å². The molecular formula is C12H23N3O2. The van der Waals surface area contributed by atoms with Crippen molar-refractivity contribution < 1.29 is 9.59 Å². The Kier molecular flexibility index (Phi) is 5.41. The van der Waals surface area contributed by atoms with Crippen LogP contribution in [0.1, 0.15) is 26.2 Å². The monoisotopic (exact) mass is 241 g/mol. The molecule has 0 saturated carbocycles. The van der Waals surface area contributed by atoms with E-state index >= 15 is 0 Å². The van der Waals surface area contributed by atoms with Crippen LogP contribution in [-0.2, 0) is 9.59 Å². The second kappa shape index (κ2) is 6.59. The number of amides is 2. The summed E-state index contributed by atoms with van der Waals surface area (Å²) in [7, 11) is 1.68. The fourth-order valence-corrected chi connectivity index (χ4v) is 2.10. The van der Waals surface area contributed by atoms with Gasteiger partial charge in [-0.05, 0) is 25.8 Å². The standard InChI is InChI=1S/C12H23N3O2/c1-10(5-6-13)12(17)14(2)9-11(16)15-7-3-4-8-15/h10H,3-9,13H2,1-2H3. The van der Waals surface area contributed by atoms with Gasteiger partial charge in [-0.2, -0.15) is 0 Å². The molecular weight excluding hydrogens is 218 g/mol. The summed E-state index contributed by atoms with van der Waals surface area (Å²) in [6.07, 6.45) is 2.82. The third kappa shape index (κ3) is 4.00. The van der Waals surface area contributed by atoms with Crippen LogP contribution in [0.5, 0.6) is 0 Å². The molecule has 17 heavy (non-hydrogen) atoms. The van der Waals surface area contributed by atoms with E-state index in [4.69, 9.17) is 5.73 Å². The Bertz CT molecular complexity index is 275. The highest BCUT2D eigenvalue weighted by Crippen LogP contribution is 2.09. The zero-order valence-electron chi connectivity index (χ0n) is 10.8. The summed E-state index contributed by atoms with van der Waals surface area (Å²) in [5.74, 6) is -0.0438. The number of nitrogens with zero attached hydrogens (tertiary/aromatic N) is 2. The van der Waals surface area contributed by atoms with Crippen molar-refractivity contribution in [3.63, 3.8) is 0 Å². The number of carbonyl (C=O) groups is 2. The van der Waals surface area contributed by atoms with E-state index < -0.39 is 0 Å². The molecule has 5 nitrogen and oxygen atoms in total. The minimum absolute atomic E-state index is 0.00277. The van der Waals surface area contributed by atoms with Gasteiger partial charge in [-0.1, -0.05) is 6.92 Å². The van der Waals surface area contributed by atoms with Gasteiger partial charge in [0.1, 0.15) is 0 Å². The molecule has 0 aromatic heterocycles. The molecule has 0 aliphatic carbocycles. The van der Waals surface area contributed by atoms with Crippen molar-refractivity contribution in [1.29, 1.82) is 0 Å². The summed E-state index contributed by atoms with van der Waals surface area (Å²) in [6.45, 7) is 4.21. The maximum atomic E-state index is 11.9. The minimum atomic E-state index is -0.101. The van der Waals surface area contributed by atoms with Crippen molar-refractivity contribution in [2.45, 2.75) is 26.2 Å². The summed E-state index contributed by atoms with van der Waals surface area (Å²) < 4.78 is 0. The molecule has 1 atom stereocenters. The third-order valence-electron chi connectivity index (χ3n) is 3.23. The van der Waals surface area contributed by atoms with Gasteiger partial charge in [0.15, 0.2) is 0 Å². The quantitative estimate of drug-likeness (QED) is 0.739. The first kappa shape index (κ1) is 14.0. The van der Waals surface area contributed by atoms with E-state index in [1.165, 1.54) is 4.90 Å². The fourth-order valence-electron chi connectivity index (χ4n) is 2.10. The molecule has 1 aliphatic heterocycles. The van der Waals surface area contributed by atoms with Gasteiger partial charge in [0.2, 0.25) is 11.8 Å². The van der Waals surface area contributed by atoms with Gasteiger partial charge in [0.05, 0.1) is 6.54 Å². The first-order valence-corrected chi connectivity index (χ1v) is 6.29. The fraction of sp³-hybridized carbons (Fsp3) is 0.833. The number of nitrogens with two attached hydrogens (primary N) is 1. The van der Waals surface area contributed by atoms with E-state index in [0.717, 1.165) is 25.9 Å². The van der Waals surface area contributed by atoms with E-state index in [0.29, 0.717) is 13.0 Å². The van der Waals surface area contributed by atoms with Crippen LogP contribution in [-0.4, -0.2) is 54.8 Å². The largest absolute Gasteiger partial charge is 0.341 e. The van der Waals surface area contributed by atoms with Crippen molar-refractivity contribution in [3.05, 3.63) is 0 Å². The smallest absolute Gasteiger partial charge is 0.242 e. The van der Waals surface area contributed by atoms with E-state index in [9.17, 15) is 9.59 Å². The molecule has 0 bridgehead atoms. The minimum Gasteiger partial charge on any atom is -0.341 e. The van der Waals surface area contributed by atoms with Crippen LogP contribution in [0.25, 0.3) is 0 Å². The topological polar surface area (TPSA) is 66.6 Å². The average Bonchev–Trinajstić information content (AvgIpc) is 2.81. The summed E-state index contributed by atoms with van der Waals surface area (Å²) in [5.41, 5.74) is 5.42. The maximum Gasteiger partial charge on any atom is 0.242 e. The van der Waals surface area contributed by atoms with E-state index in [1.54, 1.807) is 7.05 Å². The van der Waals surface area contributed by atoms with Gasteiger partial charge < -0.3 is 15.5 Å². The lowest BCUT2D eigenvalue weighted by Crippen LogP contribution is -2.41. The van der Waals surface area contributed by atoms with Crippen molar-refractivity contribution in [2.75, 3.05) is 33.2 Å². The SMILES string of the molecule is CC(CCN)C(=O)N(C)CC(=O)N1CCCC1. The van der Waals surface area contributed by atoms with Crippen molar-refractivity contribution >= 4 is 11.8 Å². The van der Waals surface area contributed by atoms with Crippen LogP contribution in [0.4, 0.5) is 0 Å².